The number of thiazole rings is 1. The number of carboxylic acid groups (broad SMARTS) is 1. The number of rotatable bonds is 6. The first kappa shape index (κ1) is 13.1. The Labute approximate surface area is 112 Å². The van der Waals surface area contributed by atoms with Gasteiger partial charge in [-0.15, -0.1) is 16.4 Å². The Morgan fingerprint density at radius 1 is 1.47 bits per heavy atom. The summed E-state index contributed by atoms with van der Waals surface area (Å²) in [4.78, 5) is 26.2. The molecule has 0 atom stereocenters. The standard InChI is InChI=1S/C10H11N5O3S/c16-9(11-2-1-7-5-19-6-12-7)4-15-3-8(10(17)18)13-14-15/h3,5-6H,1-2,4H2,(H,11,16)(H,17,18). The van der Waals surface area contributed by atoms with E-state index in [2.05, 4.69) is 20.6 Å². The average molecular weight is 281 g/mol. The van der Waals surface area contributed by atoms with Gasteiger partial charge in [0.1, 0.15) is 6.54 Å². The zero-order chi connectivity index (χ0) is 13.7. The van der Waals surface area contributed by atoms with Crippen molar-refractivity contribution in [2.75, 3.05) is 6.54 Å². The molecule has 2 aromatic heterocycles. The average Bonchev–Trinajstić information content (AvgIpc) is 3.00. The van der Waals surface area contributed by atoms with E-state index in [0.29, 0.717) is 13.0 Å². The van der Waals surface area contributed by atoms with E-state index < -0.39 is 5.97 Å². The summed E-state index contributed by atoms with van der Waals surface area (Å²) >= 11 is 1.50. The van der Waals surface area contributed by atoms with Gasteiger partial charge in [-0.3, -0.25) is 4.79 Å². The molecule has 0 fully saturated rings. The van der Waals surface area contributed by atoms with Crippen molar-refractivity contribution in [1.29, 1.82) is 0 Å². The molecule has 0 aromatic carbocycles. The molecule has 1 amide bonds. The number of carbonyl (C=O) groups is 2. The van der Waals surface area contributed by atoms with Gasteiger partial charge in [-0.05, 0) is 0 Å². The molecule has 0 spiro atoms. The number of carbonyl (C=O) groups excluding carboxylic acids is 1. The van der Waals surface area contributed by atoms with Gasteiger partial charge in [0.2, 0.25) is 5.91 Å². The van der Waals surface area contributed by atoms with Crippen molar-refractivity contribution in [3.63, 3.8) is 0 Å². The number of aromatic nitrogens is 4. The van der Waals surface area contributed by atoms with E-state index in [0.717, 1.165) is 5.69 Å². The lowest BCUT2D eigenvalue weighted by atomic mass is 10.3. The highest BCUT2D eigenvalue weighted by Crippen LogP contribution is 2.00. The molecule has 0 saturated heterocycles. The Morgan fingerprint density at radius 2 is 2.32 bits per heavy atom. The van der Waals surface area contributed by atoms with Crippen LogP contribution in [-0.2, 0) is 17.8 Å². The summed E-state index contributed by atoms with van der Waals surface area (Å²) in [5, 5.41) is 20.2. The molecule has 0 unspecified atom stereocenters. The first-order chi connectivity index (χ1) is 9.15. The van der Waals surface area contributed by atoms with Crippen molar-refractivity contribution in [3.8, 4) is 0 Å². The monoisotopic (exact) mass is 281 g/mol. The van der Waals surface area contributed by atoms with Crippen LogP contribution in [0, 0.1) is 0 Å². The fourth-order valence-electron chi connectivity index (χ4n) is 1.37. The van der Waals surface area contributed by atoms with E-state index in [4.69, 9.17) is 5.11 Å². The fraction of sp³-hybridized carbons (Fsp3) is 0.300. The summed E-state index contributed by atoms with van der Waals surface area (Å²) in [6.45, 7) is 0.417. The summed E-state index contributed by atoms with van der Waals surface area (Å²) < 4.78 is 1.18. The second-order valence-corrected chi connectivity index (χ2v) is 4.40. The lowest BCUT2D eigenvalue weighted by Gasteiger charge is -2.03. The first-order valence-electron chi connectivity index (χ1n) is 5.42. The van der Waals surface area contributed by atoms with Crippen LogP contribution in [-0.4, -0.2) is 43.5 Å². The molecule has 8 nitrogen and oxygen atoms in total. The second-order valence-electron chi connectivity index (χ2n) is 3.69. The van der Waals surface area contributed by atoms with E-state index in [1.54, 1.807) is 5.51 Å². The topological polar surface area (TPSA) is 110 Å². The Balaban J connectivity index is 1.75. The third-order valence-electron chi connectivity index (χ3n) is 2.25. The molecule has 0 aliphatic rings. The lowest BCUT2D eigenvalue weighted by Crippen LogP contribution is -2.29. The maximum Gasteiger partial charge on any atom is 0.358 e. The second kappa shape index (κ2) is 6.05. The van der Waals surface area contributed by atoms with Gasteiger partial charge in [-0.25, -0.2) is 14.5 Å². The van der Waals surface area contributed by atoms with Crippen molar-refractivity contribution in [3.05, 3.63) is 28.5 Å². The Bertz CT molecular complexity index is 565. The zero-order valence-electron chi connectivity index (χ0n) is 9.81. The summed E-state index contributed by atoms with van der Waals surface area (Å²) in [6, 6.07) is 0. The molecule has 0 saturated carbocycles. The van der Waals surface area contributed by atoms with Crippen LogP contribution in [0.15, 0.2) is 17.1 Å². The van der Waals surface area contributed by atoms with E-state index in [1.165, 1.54) is 22.2 Å². The van der Waals surface area contributed by atoms with Gasteiger partial charge in [0, 0.05) is 18.3 Å². The first-order valence-corrected chi connectivity index (χ1v) is 6.36. The minimum Gasteiger partial charge on any atom is -0.476 e. The van der Waals surface area contributed by atoms with E-state index >= 15 is 0 Å². The molecule has 2 N–H and O–H groups in total. The Hall–Kier alpha value is -2.29. The van der Waals surface area contributed by atoms with Crippen molar-refractivity contribution < 1.29 is 14.7 Å². The van der Waals surface area contributed by atoms with E-state index in [-0.39, 0.29) is 18.1 Å². The molecule has 0 radical (unpaired) electrons. The molecular weight excluding hydrogens is 270 g/mol. The molecular formula is C10H11N5O3S. The zero-order valence-corrected chi connectivity index (χ0v) is 10.6. The van der Waals surface area contributed by atoms with Crippen LogP contribution in [0.3, 0.4) is 0 Å². The minimum absolute atomic E-state index is 0.0582. The van der Waals surface area contributed by atoms with Gasteiger partial charge in [-0.1, -0.05) is 5.21 Å². The normalized spacial score (nSPS) is 10.3. The number of nitrogens with zero attached hydrogens (tertiary/aromatic N) is 4. The van der Waals surface area contributed by atoms with Crippen molar-refractivity contribution in [1.82, 2.24) is 25.3 Å². The summed E-state index contributed by atoms with van der Waals surface area (Å²) in [6.07, 6.45) is 1.87. The van der Waals surface area contributed by atoms with Gasteiger partial charge in [0.25, 0.3) is 0 Å². The van der Waals surface area contributed by atoms with Gasteiger partial charge in [-0.2, -0.15) is 0 Å². The number of hydrogen-bond donors (Lipinski definition) is 2. The molecule has 0 aliphatic heterocycles. The molecule has 2 heterocycles. The number of aromatic carboxylic acids is 1. The smallest absolute Gasteiger partial charge is 0.358 e. The van der Waals surface area contributed by atoms with Crippen LogP contribution < -0.4 is 5.32 Å². The predicted molar refractivity (Wildman–Crippen MR) is 65.8 cm³/mol. The van der Waals surface area contributed by atoms with Crippen LogP contribution in [0.5, 0.6) is 0 Å². The minimum atomic E-state index is -1.17. The highest BCUT2D eigenvalue weighted by molar-refractivity contribution is 7.07. The molecule has 0 aliphatic carbocycles. The van der Waals surface area contributed by atoms with Crippen LogP contribution >= 0.6 is 11.3 Å². The van der Waals surface area contributed by atoms with Crippen LogP contribution in [0.4, 0.5) is 0 Å². The number of amides is 1. The maximum atomic E-state index is 11.6. The quantitative estimate of drug-likeness (QED) is 0.758. The molecule has 9 heteroatoms. The van der Waals surface area contributed by atoms with E-state index in [1.807, 2.05) is 5.38 Å². The summed E-state index contributed by atoms with van der Waals surface area (Å²) in [7, 11) is 0. The molecule has 0 bridgehead atoms. The third-order valence-corrected chi connectivity index (χ3v) is 2.89. The van der Waals surface area contributed by atoms with Gasteiger partial charge < -0.3 is 10.4 Å². The highest BCUT2D eigenvalue weighted by atomic mass is 32.1. The molecule has 19 heavy (non-hydrogen) atoms. The number of nitrogens with one attached hydrogen (secondary N) is 1. The van der Waals surface area contributed by atoms with Crippen molar-refractivity contribution in [2.45, 2.75) is 13.0 Å². The third kappa shape index (κ3) is 3.85. The maximum absolute atomic E-state index is 11.6. The van der Waals surface area contributed by atoms with Crippen LogP contribution in [0.1, 0.15) is 16.2 Å². The van der Waals surface area contributed by atoms with Crippen LogP contribution in [0.2, 0.25) is 0 Å². The van der Waals surface area contributed by atoms with Gasteiger partial charge >= 0.3 is 5.97 Å². The molecule has 2 aromatic rings. The largest absolute Gasteiger partial charge is 0.476 e. The Morgan fingerprint density at radius 3 is 2.95 bits per heavy atom. The lowest BCUT2D eigenvalue weighted by molar-refractivity contribution is -0.121. The number of carboxylic acids is 1. The SMILES string of the molecule is O=C(Cn1cc(C(=O)O)nn1)NCCc1cscn1. The van der Waals surface area contributed by atoms with Gasteiger partial charge in [0.05, 0.1) is 17.4 Å². The highest BCUT2D eigenvalue weighted by Gasteiger charge is 2.10. The number of hydrogen-bond acceptors (Lipinski definition) is 6. The Kier molecular flexibility index (Phi) is 4.18. The fourth-order valence-corrected chi connectivity index (χ4v) is 1.96. The summed E-state index contributed by atoms with van der Waals surface area (Å²) in [5.74, 6) is -1.42. The van der Waals surface area contributed by atoms with Crippen molar-refractivity contribution in [2.24, 2.45) is 0 Å². The van der Waals surface area contributed by atoms with Gasteiger partial charge in [0.15, 0.2) is 5.69 Å². The molecule has 2 rings (SSSR count). The molecule has 100 valence electrons. The van der Waals surface area contributed by atoms with E-state index in [9.17, 15) is 9.59 Å². The predicted octanol–water partition coefficient (Wildman–Crippen LogP) is -0.208. The van der Waals surface area contributed by atoms with Crippen molar-refractivity contribution >= 4 is 23.2 Å². The van der Waals surface area contributed by atoms with Crippen LogP contribution in [0.25, 0.3) is 0 Å². The summed E-state index contributed by atoms with van der Waals surface area (Å²) in [5.41, 5.74) is 2.48.